The van der Waals surface area contributed by atoms with Gasteiger partial charge in [0.15, 0.2) is 0 Å². The maximum Gasteiger partial charge on any atom is 0.251 e. The first-order valence-corrected chi connectivity index (χ1v) is 8.42. The van der Waals surface area contributed by atoms with E-state index in [0.717, 1.165) is 0 Å². The zero-order valence-electron chi connectivity index (χ0n) is 15.3. The number of carbonyl (C=O) groups is 3. The highest BCUT2D eigenvalue weighted by Gasteiger charge is 2.19. The van der Waals surface area contributed by atoms with Crippen molar-refractivity contribution in [3.63, 3.8) is 0 Å². The number of benzene rings is 1. The number of carbonyl (C=O) groups excluding carboxylic acids is 3. The lowest BCUT2D eigenvalue weighted by Gasteiger charge is -2.20. The summed E-state index contributed by atoms with van der Waals surface area (Å²) in [5.41, 5.74) is 6.62. The molecule has 7 nitrogen and oxygen atoms in total. The second kappa shape index (κ2) is 9.66. The van der Waals surface area contributed by atoms with E-state index in [1.807, 2.05) is 13.8 Å². The van der Waals surface area contributed by atoms with Gasteiger partial charge in [0.25, 0.3) is 5.91 Å². The Morgan fingerprint density at radius 2 is 1.60 bits per heavy atom. The van der Waals surface area contributed by atoms with Crippen LogP contribution in [-0.4, -0.2) is 36.3 Å². The van der Waals surface area contributed by atoms with E-state index in [-0.39, 0.29) is 42.6 Å². The monoisotopic (exact) mass is 348 g/mol. The second-order valence-corrected chi connectivity index (χ2v) is 6.62. The molecule has 1 rings (SSSR count). The molecule has 0 heterocycles. The minimum absolute atomic E-state index is 0.00575. The van der Waals surface area contributed by atoms with E-state index in [1.165, 1.54) is 0 Å². The smallest absolute Gasteiger partial charge is 0.251 e. The van der Waals surface area contributed by atoms with Crippen LogP contribution in [0.25, 0.3) is 0 Å². The van der Waals surface area contributed by atoms with Crippen molar-refractivity contribution >= 4 is 23.4 Å². The molecule has 0 aromatic heterocycles. The van der Waals surface area contributed by atoms with Crippen LogP contribution in [0.3, 0.4) is 0 Å². The van der Waals surface area contributed by atoms with Gasteiger partial charge in [-0.1, -0.05) is 13.8 Å². The molecule has 0 radical (unpaired) electrons. The standard InChI is InChI=1S/C18H28N4O3/c1-11(2)17(24)20-10-15(9-16(23)21-12(3)4)22-18(25)13-5-7-14(19)8-6-13/h5-8,11-12,15H,9-10,19H2,1-4H3,(H,20,24)(H,21,23)(H,22,25)/t15-/m0/s1. The van der Waals surface area contributed by atoms with E-state index in [2.05, 4.69) is 16.0 Å². The fourth-order valence-electron chi connectivity index (χ4n) is 2.11. The van der Waals surface area contributed by atoms with Gasteiger partial charge in [-0.15, -0.1) is 0 Å². The van der Waals surface area contributed by atoms with E-state index < -0.39 is 6.04 Å². The number of amides is 3. The number of nitrogens with one attached hydrogen (secondary N) is 3. The highest BCUT2D eigenvalue weighted by molar-refractivity contribution is 5.95. The number of hydrogen-bond donors (Lipinski definition) is 4. The molecule has 5 N–H and O–H groups in total. The minimum Gasteiger partial charge on any atom is -0.399 e. The third kappa shape index (κ3) is 7.69. The molecule has 0 spiro atoms. The minimum atomic E-state index is -0.508. The highest BCUT2D eigenvalue weighted by atomic mass is 16.2. The number of anilines is 1. The molecule has 25 heavy (non-hydrogen) atoms. The first-order chi connectivity index (χ1) is 11.7. The van der Waals surface area contributed by atoms with Crippen molar-refractivity contribution in [3.8, 4) is 0 Å². The molecule has 0 aliphatic heterocycles. The Bertz CT molecular complexity index is 597. The zero-order valence-corrected chi connectivity index (χ0v) is 15.3. The summed E-state index contributed by atoms with van der Waals surface area (Å²) in [4.78, 5) is 36.1. The molecule has 0 bridgehead atoms. The highest BCUT2D eigenvalue weighted by Crippen LogP contribution is 2.06. The van der Waals surface area contributed by atoms with Gasteiger partial charge in [-0.25, -0.2) is 0 Å². The van der Waals surface area contributed by atoms with Crippen molar-refractivity contribution in [2.75, 3.05) is 12.3 Å². The molecule has 0 unspecified atom stereocenters. The van der Waals surface area contributed by atoms with Gasteiger partial charge >= 0.3 is 0 Å². The topological polar surface area (TPSA) is 113 Å². The molecule has 0 aliphatic rings. The van der Waals surface area contributed by atoms with Gasteiger partial charge < -0.3 is 21.7 Å². The number of rotatable bonds is 8. The van der Waals surface area contributed by atoms with Gasteiger partial charge in [0.05, 0.1) is 6.04 Å². The molecule has 3 amide bonds. The molecule has 1 atom stereocenters. The van der Waals surface area contributed by atoms with Gasteiger partial charge in [0.2, 0.25) is 11.8 Å². The normalized spacial score (nSPS) is 11.9. The summed E-state index contributed by atoms with van der Waals surface area (Å²) < 4.78 is 0. The molecule has 0 fully saturated rings. The number of nitrogens with two attached hydrogens (primary N) is 1. The van der Waals surface area contributed by atoms with Crippen LogP contribution >= 0.6 is 0 Å². The Hall–Kier alpha value is -2.57. The summed E-state index contributed by atoms with van der Waals surface area (Å²) in [6, 6.07) is 5.99. The van der Waals surface area contributed by atoms with Gasteiger partial charge in [-0.05, 0) is 38.1 Å². The fourth-order valence-corrected chi connectivity index (χ4v) is 2.11. The molecule has 1 aromatic rings. The van der Waals surface area contributed by atoms with Crippen LogP contribution in [-0.2, 0) is 9.59 Å². The van der Waals surface area contributed by atoms with E-state index in [4.69, 9.17) is 5.73 Å². The van der Waals surface area contributed by atoms with Crippen molar-refractivity contribution in [2.24, 2.45) is 5.92 Å². The average Bonchev–Trinajstić information content (AvgIpc) is 2.51. The predicted molar refractivity (Wildman–Crippen MR) is 97.9 cm³/mol. The SMILES string of the molecule is CC(C)NC(=O)C[C@@H](CNC(=O)C(C)C)NC(=O)c1ccc(N)cc1. The Morgan fingerprint density at radius 1 is 1.00 bits per heavy atom. The maximum absolute atomic E-state index is 12.4. The molecule has 0 aliphatic carbocycles. The summed E-state index contributed by atoms with van der Waals surface area (Å²) in [5.74, 6) is -0.800. The van der Waals surface area contributed by atoms with Gasteiger partial charge in [-0.3, -0.25) is 14.4 Å². The molecule has 0 saturated heterocycles. The number of nitrogen functional groups attached to an aromatic ring is 1. The molecule has 138 valence electrons. The summed E-state index contributed by atoms with van der Waals surface area (Å²) in [6.07, 6.45) is 0.0806. The van der Waals surface area contributed by atoms with E-state index in [0.29, 0.717) is 11.3 Å². The molecule has 1 aromatic carbocycles. The first-order valence-electron chi connectivity index (χ1n) is 8.42. The van der Waals surface area contributed by atoms with Crippen LogP contribution in [0.5, 0.6) is 0 Å². The van der Waals surface area contributed by atoms with Crippen LogP contribution in [0.1, 0.15) is 44.5 Å². The molecular weight excluding hydrogens is 320 g/mol. The summed E-state index contributed by atoms with van der Waals surface area (Å²) in [6.45, 7) is 7.47. The Balaban J connectivity index is 2.74. The summed E-state index contributed by atoms with van der Waals surface area (Å²) >= 11 is 0. The van der Waals surface area contributed by atoms with Crippen molar-refractivity contribution < 1.29 is 14.4 Å². The third-order valence-corrected chi connectivity index (χ3v) is 3.44. The zero-order chi connectivity index (χ0) is 19.0. The Labute approximate surface area is 148 Å². The van der Waals surface area contributed by atoms with Crippen LogP contribution in [0.4, 0.5) is 5.69 Å². The number of hydrogen-bond acceptors (Lipinski definition) is 4. The van der Waals surface area contributed by atoms with Crippen LogP contribution in [0.2, 0.25) is 0 Å². The van der Waals surface area contributed by atoms with Crippen molar-refractivity contribution in [1.82, 2.24) is 16.0 Å². The van der Waals surface area contributed by atoms with Crippen LogP contribution in [0, 0.1) is 5.92 Å². The average molecular weight is 348 g/mol. The van der Waals surface area contributed by atoms with E-state index >= 15 is 0 Å². The summed E-state index contributed by atoms with van der Waals surface area (Å²) in [7, 11) is 0. The summed E-state index contributed by atoms with van der Waals surface area (Å²) in [5, 5.41) is 8.33. The lowest BCUT2D eigenvalue weighted by molar-refractivity contribution is -0.125. The predicted octanol–water partition coefficient (Wildman–Crippen LogP) is 1.05. The van der Waals surface area contributed by atoms with Crippen LogP contribution in [0.15, 0.2) is 24.3 Å². The fraction of sp³-hybridized carbons (Fsp3) is 0.500. The van der Waals surface area contributed by atoms with Crippen molar-refractivity contribution in [3.05, 3.63) is 29.8 Å². The third-order valence-electron chi connectivity index (χ3n) is 3.44. The lowest BCUT2D eigenvalue weighted by atomic mass is 10.1. The van der Waals surface area contributed by atoms with Gasteiger partial charge in [-0.2, -0.15) is 0 Å². The van der Waals surface area contributed by atoms with Crippen molar-refractivity contribution in [1.29, 1.82) is 0 Å². The molecule has 7 heteroatoms. The van der Waals surface area contributed by atoms with Crippen LogP contribution < -0.4 is 21.7 Å². The maximum atomic E-state index is 12.4. The van der Waals surface area contributed by atoms with Gasteiger partial charge in [0.1, 0.15) is 0 Å². The van der Waals surface area contributed by atoms with Crippen molar-refractivity contribution in [2.45, 2.75) is 46.2 Å². The quantitative estimate of drug-likeness (QED) is 0.526. The first kappa shape index (κ1) is 20.5. The largest absolute Gasteiger partial charge is 0.399 e. The van der Waals surface area contributed by atoms with E-state index in [9.17, 15) is 14.4 Å². The molecule has 0 saturated carbocycles. The lowest BCUT2D eigenvalue weighted by Crippen LogP contribution is -2.47. The molecular formula is C18H28N4O3. The van der Waals surface area contributed by atoms with Gasteiger partial charge in [0, 0.05) is 36.2 Å². The van der Waals surface area contributed by atoms with E-state index in [1.54, 1.807) is 38.1 Å². The Morgan fingerprint density at radius 3 is 2.12 bits per heavy atom. The Kier molecular flexibility index (Phi) is 7.91. The second-order valence-electron chi connectivity index (χ2n) is 6.62.